The molecule has 0 amide bonds. The first kappa shape index (κ1) is 21.1. The molecule has 1 aliphatic rings. The molecule has 11 heteroatoms. The number of aliphatic hydroxyl groups excluding tert-OH is 1. The van der Waals surface area contributed by atoms with Gasteiger partial charge in [-0.3, -0.25) is 9.36 Å². The van der Waals surface area contributed by atoms with E-state index in [1.165, 1.54) is 17.2 Å². The van der Waals surface area contributed by atoms with E-state index in [-0.39, 0.29) is 11.6 Å². The van der Waals surface area contributed by atoms with Crippen LogP contribution in [0.4, 0.5) is 4.39 Å². The van der Waals surface area contributed by atoms with Gasteiger partial charge in [0, 0.05) is 0 Å². The summed E-state index contributed by atoms with van der Waals surface area (Å²) in [6.07, 6.45) is 4.35. The molecule has 2 aromatic rings. The van der Waals surface area contributed by atoms with Crippen LogP contribution in [0.2, 0.25) is 0 Å². The number of carbonyl (C=O) groups is 1. The first-order chi connectivity index (χ1) is 13.6. The third-order valence-corrected chi connectivity index (χ3v) is 4.94. The first-order valence-electron chi connectivity index (χ1n) is 8.87. The number of hydrogen-bond donors (Lipinski definition) is 3. The van der Waals surface area contributed by atoms with Gasteiger partial charge in [-0.2, -0.15) is 0 Å². The zero-order valence-corrected chi connectivity index (χ0v) is 16.1. The minimum Gasteiger partial charge on any atom is -0.451 e. The molecule has 0 saturated carbocycles. The number of imidazole rings is 1. The number of hydrogen-bond acceptors (Lipinski definition) is 9. The number of esters is 1. The zero-order chi connectivity index (χ0) is 21.6. The van der Waals surface area contributed by atoms with Gasteiger partial charge in [0.15, 0.2) is 11.9 Å². The number of halogens is 1. The fourth-order valence-electron chi connectivity index (χ4n) is 3.12. The van der Waals surface area contributed by atoms with Gasteiger partial charge in [0.25, 0.3) is 5.85 Å². The number of ether oxygens (including phenoxy) is 2. The second-order valence-electron chi connectivity index (χ2n) is 7.25. The average molecular weight is 407 g/mol. The molecular formula is C18H22FN5O5. The van der Waals surface area contributed by atoms with Crippen molar-refractivity contribution in [1.82, 2.24) is 19.5 Å². The van der Waals surface area contributed by atoms with Crippen LogP contribution in [0.3, 0.4) is 0 Å². The van der Waals surface area contributed by atoms with Crippen LogP contribution in [0.1, 0.15) is 25.8 Å². The molecule has 156 valence electrons. The number of rotatable bonds is 5. The van der Waals surface area contributed by atoms with E-state index in [1.54, 1.807) is 20.8 Å². The van der Waals surface area contributed by atoms with Crippen LogP contribution < -0.4 is 5.73 Å². The molecule has 1 aliphatic heterocycles. The van der Waals surface area contributed by atoms with E-state index < -0.39 is 42.4 Å². The normalized spacial score (nSPS) is 30.4. The summed E-state index contributed by atoms with van der Waals surface area (Å²) in [5.41, 5.74) is 4.39. The molecule has 0 spiro atoms. The first-order valence-corrected chi connectivity index (χ1v) is 8.87. The molecule has 0 aromatic carbocycles. The summed E-state index contributed by atoms with van der Waals surface area (Å²) in [5.74, 6) is -2.26. The van der Waals surface area contributed by atoms with Gasteiger partial charge in [0.1, 0.15) is 24.5 Å². The van der Waals surface area contributed by atoms with E-state index >= 15 is 4.39 Å². The summed E-state index contributed by atoms with van der Waals surface area (Å²) in [6, 6.07) is -1.09. The van der Waals surface area contributed by atoms with Crippen molar-refractivity contribution in [1.29, 1.82) is 0 Å². The van der Waals surface area contributed by atoms with E-state index in [0.717, 1.165) is 0 Å². The molecule has 0 aliphatic carbocycles. The van der Waals surface area contributed by atoms with Crippen LogP contribution in [0.15, 0.2) is 12.7 Å². The summed E-state index contributed by atoms with van der Waals surface area (Å²) >= 11 is 0. The Balaban J connectivity index is 2.07. The van der Waals surface area contributed by atoms with Crippen LogP contribution in [-0.4, -0.2) is 65.9 Å². The molecular weight excluding hydrogens is 385 g/mol. The van der Waals surface area contributed by atoms with Gasteiger partial charge in [-0.05, 0) is 12.8 Å². The summed E-state index contributed by atoms with van der Waals surface area (Å²) in [4.78, 5) is 24.6. The summed E-state index contributed by atoms with van der Waals surface area (Å²) in [6.45, 7) is 3.79. The largest absolute Gasteiger partial charge is 0.451 e. The molecule has 10 nitrogen and oxygen atoms in total. The quantitative estimate of drug-likeness (QED) is 0.444. The zero-order valence-electron chi connectivity index (χ0n) is 16.1. The Kier molecular flexibility index (Phi) is 5.31. The van der Waals surface area contributed by atoms with Crippen LogP contribution in [-0.2, 0) is 14.3 Å². The van der Waals surface area contributed by atoms with Crippen molar-refractivity contribution >= 4 is 17.1 Å². The van der Waals surface area contributed by atoms with Crippen LogP contribution in [0.25, 0.3) is 11.2 Å². The predicted octanol–water partition coefficient (Wildman–Crippen LogP) is -0.419. The number of fused-ring (bicyclic) bond motifs is 1. The minimum atomic E-state index is -2.99. The lowest BCUT2D eigenvalue weighted by Gasteiger charge is -2.30. The third kappa shape index (κ3) is 3.24. The Bertz CT molecular complexity index is 975. The summed E-state index contributed by atoms with van der Waals surface area (Å²) < 4.78 is 27.0. The number of aryl methyl sites for hydroxylation is 1. The van der Waals surface area contributed by atoms with Gasteiger partial charge in [-0.25, -0.2) is 19.3 Å². The predicted molar refractivity (Wildman–Crippen MR) is 97.6 cm³/mol. The summed E-state index contributed by atoms with van der Waals surface area (Å²) in [5, 5.41) is 20.7. The maximum Gasteiger partial charge on any atom is 0.323 e. The van der Waals surface area contributed by atoms with E-state index in [0.29, 0.717) is 11.2 Å². The molecule has 29 heavy (non-hydrogen) atoms. The Morgan fingerprint density at radius 1 is 1.52 bits per heavy atom. The number of aliphatic hydroxyl groups is 2. The molecule has 2 aromatic heterocycles. The van der Waals surface area contributed by atoms with Gasteiger partial charge in [0.05, 0.1) is 12.0 Å². The highest BCUT2D eigenvalue weighted by atomic mass is 19.2. The molecule has 1 saturated heterocycles. The van der Waals surface area contributed by atoms with Gasteiger partial charge in [-0.15, -0.1) is 6.42 Å². The van der Waals surface area contributed by atoms with E-state index in [9.17, 15) is 15.0 Å². The van der Waals surface area contributed by atoms with Crippen molar-refractivity contribution in [2.75, 3.05) is 6.61 Å². The fourth-order valence-corrected chi connectivity index (χ4v) is 3.12. The van der Waals surface area contributed by atoms with Crippen molar-refractivity contribution in [3.05, 3.63) is 18.3 Å². The van der Waals surface area contributed by atoms with Crippen molar-refractivity contribution in [2.24, 2.45) is 11.7 Å². The van der Waals surface area contributed by atoms with E-state index in [4.69, 9.17) is 21.6 Å². The molecule has 4 N–H and O–H groups in total. The SMILES string of the molecule is C#C[C@]1(O)[C@H](n2cnc3c(C)ncnc32)O[C@](F)(CO)[C@H]1OC(=O)C(N)C(C)C. The Labute approximate surface area is 165 Å². The van der Waals surface area contributed by atoms with Crippen molar-refractivity contribution in [2.45, 2.75) is 50.6 Å². The van der Waals surface area contributed by atoms with Crippen LogP contribution in [0.5, 0.6) is 0 Å². The smallest absolute Gasteiger partial charge is 0.323 e. The highest BCUT2D eigenvalue weighted by molar-refractivity contribution is 5.76. The topological polar surface area (TPSA) is 146 Å². The average Bonchev–Trinajstić information content (AvgIpc) is 3.21. The lowest BCUT2D eigenvalue weighted by atomic mass is 9.93. The fraction of sp³-hybridized carbons (Fsp3) is 0.556. The Morgan fingerprint density at radius 3 is 2.79 bits per heavy atom. The standard InChI is InChI=1S/C18H22FN5O5/c1-5-17(27)15(28-14(26)11(20)9(2)3)18(19,6-25)29-16(17)24-8-23-12-10(4)21-7-22-13(12)24/h1,7-9,11,15-16,25,27H,6,20H2,2-4H3/t11?,15-,16+,17+,18+/m0/s1. The van der Waals surface area contributed by atoms with Gasteiger partial charge in [-0.1, -0.05) is 19.8 Å². The van der Waals surface area contributed by atoms with Crippen LogP contribution in [0, 0.1) is 25.2 Å². The third-order valence-electron chi connectivity index (χ3n) is 4.94. The summed E-state index contributed by atoms with van der Waals surface area (Å²) in [7, 11) is 0. The number of alkyl halides is 1. The molecule has 0 bridgehead atoms. The molecule has 3 rings (SSSR count). The number of terminal acetylenes is 1. The maximum atomic E-state index is 15.4. The van der Waals surface area contributed by atoms with Gasteiger partial charge >= 0.3 is 5.97 Å². The van der Waals surface area contributed by atoms with E-state index in [1.807, 2.05) is 5.92 Å². The van der Waals surface area contributed by atoms with Gasteiger partial charge in [0.2, 0.25) is 11.7 Å². The number of carbonyl (C=O) groups excluding carboxylic acids is 1. The van der Waals surface area contributed by atoms with Crippen molar-refractivity contribution in [3.63, 3.8) is 0 Å². The molecule has 5 atom stereocenters. The molecule has 3 heterocycles. The monoisotopic (exact) mass is 407 g/mol. The second-order valence-corrected chi connectivity index (χ2v) is 7.25. The Morgan fingerprint density at radius 2 is 2.21 bits per heavy atom. The maximum absolute atomic E-state index is 15.4. The number of aromatic nitrogens is 4. The molecule has 1 unspecified atom stereocenters. The van der Waals surface area contributed by atoms with Gasteiger partial charge < -0.3 is 25.4 Å². The van der Waals surface area contributed by atoms with Crippen molar-refractivity contribution < 1.29 is 28.9 Å². The Hall–Kier alpha value is -2.65. The number of nitrogens with zero attached hydrogens (tertiary/aromatic N) is 4. The lowest BCUT2D eigenvalue weighted by Crippen LogP contribution is -2.54. The van der Waals surface area contributed by atoms with Crippen LogP contribution >= 0.6 is 0 Å². The highest BCUT2D eigenvalue weighted by Crippen LogP contribution is 2.47. The lowest BCUT2D eigenvalue weighted by molar-refractivity contribution is -0.218. The number of nitrogens with two attached hydrogens (primary N) is 1. The molecule has 1 fully saturated rings. The second kappa shape index (κ2) is 7.31. The van der Waals surface area contributed by atoms with Crippen molar-refractivity contribution in [3.8, 4) is 12.3 Å². The van der Waals surface area contributed by atoms with E-state index in [2.05, 4.69) is 15.0 Å². The minimum absolute atomic E-state index is 0.210. The highest BCUT2D eigenvalue weighted by Gasteiger charge is 2.67. The molecule has 0 radical (unpaired) electrons.